The number of pyridine rings is 1. The smallest absolute Gasteiger partial charge is 0.0609 e. The molecular weight excluding hydrogens is 284 g/mol. The zero-order valence-corrected chi connectivity index (χ0v) is 13.6. The van der Waals surface area contributed by atoms with Crippen LogP contribution in [0.2, 0.25) is 0 Å². The van der Waals surface area contributed by atoms with Crippen LogP contribution in [0.3, 0.4) is 0 Å². The summed E-state index contributed by atoms with van der Waals surface area (Å²) in [7, 11) is 0. The van der Waals surface area contributed by atoms with Gasteiger partial charge in [0.2, 0.25) is 0 Å². The molecule has 122 valence electrons. The summed E-state index contributed by atoms with van der Waals surface area (Å²) in [6.45, 7) is 3.24. The van der Waals surface area contributed by atoms with E-state index in [9.17, 15) is 5.11 Å². The van der Waals surface area contributed by atoms with Crippen LogP contribution < -0.4 is 0 Å². The molecule has 1 aromatic heterocycles. The third-order valence-corrected chi connectivity index (χ3v) is 4.87. The highest BCUT2D eigenvalue weighted by molar-refractivity contribution is 5.15. The number of piperidine rings is 1. The van der Waals surface area contributed by atoms with Gasteiger partial charge >= 0.3 is 0 Å². The summed E-state index contributed by atoms with van der Waals surface area (Å²) in [6, 6.07) is 16.4. The van der Waals surface area contributed by atoms with Crippen molar-refractivity contribution in [2.45, 2.75) is 31.8 Å². The molecule has 1 atom stereocenters. The lowest BCUT2D eigenvalue weighted by Gasteiger charge is -2.34. The van der Waals surface area contributed by atoms with Crippen LogP contribution in [0, 0.1) is 5.92 Å². The number of likely N-dealkylation sites (tertiary alicyclic amines) is 1. The van der Waals surface area contributed by atoms with E-state index in [-0.39, 0.29) is 6.10 Å². The molecule has 3 rings (SSSR count). The monoisotopic (exact) mass is 310 g/mol. The van der Waals surface area contributed by atoms with Gasteiger partial charge in [-0.05, 0) is 56.0 Å². The van der Waals surface area contributed by atoms with Gasteiger partial charge in [0.15, 0.2) is 0 Å². The van der Waals surface area contributed by atoms with Gasteiger partial charge < -0.3 is 10.0 Å². The first-order valence-electron chi connectivity index (χ1n) is 8.65. The SMILES string of the molecule is OC(Cc1ccccc1)C1CCN(CCc2ccccn2)CC1. The van der Waals surface area contributed by atoms with E-state index in [1.54, 1.807) is 0 Å². The lowest BCUT2D eigenvalue weighted by atomic mass is 9.88. The van der Waals surface area contributed by atoms with Crippen molar-refractivity contribution in [3.05, 3.63) is 66.0 Å². The van der Waals surface area contributed by atoms with E-state index < -0.39 is 0 Å². The molecule has 1 aliphatic heterocycles. The summed E-state index contributed by atoms with van der Waals surface area (Å²) in [4.78, 5) is 6.89. The molecule has 1 saturated heterocycles. The molecule has 0 saturated carbocycles. The normalized spacial score (nSPS) is 18.0. The molecule has 1 aromatic carbocycles. The fourth-order valence-electron chi connectivity index (χ4n) is 3.40. The van der Waals surface area contributed by atoms with Gasteiger partial charge in [0.25, 0.3) is 0 Å². The Kier molecular flexibility index (Phi) is 5.78. The number of aromatic nitrogens is 1. The molecule has 0 spiro atoms. The Labute approximate surface area is 139 Å². The average Bonchev–Trinajstić information content (AvgIpc) is 2.62. The minimum atomic E-state index is -0.213. The zero-order valence-electron chi connectivity index (χ0n) is 13.6. The second kappa shape index (κ2) is 8.23. The number of aliphatic hydroxyl groups is 1. The van der Waals surface area contributed by atoms with Gasteiger partial charge in [-0.25, -0.2) is 0 Å². The van der Waals surface area contributed by atoms with E-state index in [1.807, 2.05) is 30.5 Å². The van der Waals surface area contributed by atoms with Gasteiger partial charge in [0.05, 0.1) is 6.10 Å². The predicted molar refractivity (Wildman–Crippen MR) is 93.3 cm³/mol. The molecule has 2 heterocycles. The quantitative estimate of drug-likeness (QED) is 0.891. The summed E-state index contributed by atoms with van der Waals surface area (Å²) in [5.74, 6) is 0.432. The molecule has 1 N–H and O–H groups in total. The van der Waals surface area contributed by atoms with Crippen LogP contribution >= 0.6 is 0 Å². The molecule has 0 radical (unpaired) electrons. The largest absolute Gasteiger partial charge is 0.392 e. The standard InChI is InChI=1S/C20H26N2O/c23-20(16-17-6-2-1-3-7-17)18-9-13-22(14-10-18)15-11-19-8-4-5-12-21-19/h1-8,12,18,20,23H,9-11,13-16H2. The van der Waals surface area contributed by atoms with Crippen molar-refractivity contribution < 1.29 is 5.11 Å². The van der Waals surface area contributed by atoms with Gasteiger partial charge in [-0.2, -0.15) is 0 Å². The van der Waals surface area contributed by atoms with Crippen molar-refractivity contribution in [3.8, 4) is 0 Å². The Bertz CT molecular complexity index is 565. The minimum Gasteiger partial charge on any atom is -0.392 e. The Morgan fingerprint density at radius 3 is 2.48 bits per heavy atom. The molecule has 0 aliphatic carbocycles. The van der Waals surface area contributed by atoms with Gasteiger partial charge in [-0.15, -0.1) is 0 Å². The first kappa shape index (κ1) is 16.2. The Morgan fingerprint density at radius 2 is 1.78 bits per heavy atom. The second-order valence-corrected chi connectivity index (χ2v) is 6.51. The molecule has 0 bridgehead atoms. The molecular formula is C20H26N2O. The topological polar surface area (TPSA) is 36.4 Å². The van der Waals surface area contributed by atoms with E-state index in [1.165, 1.54) is 11.3 Å². The average molecular weight is 310 g/mol. The second-order valence-electron chi connectivity index (χ2n) is 6.51. The summed E-state index contributed by atoms with van der Waals surface area (Å²) < 4.78 is 0. The maximum atomic E-state index is 10.5. The fourth-order valence-corrected chi connectivity index (χ4v) is 3.40. The van der Waals surface area contributed by atoms with Crippen molar-refractivity contribution in [2.24, 2.45) is 5.92 Å². The lowest BCUT2D eigenvalue weighted by molar-refractivity contribution is 0.0600. The van der Waals surface area contributed by atoms with E-state index in [4.69, 9.17) is 0 Å². The molecule has 0 amide bonds. The molecule has 1 fully saturated rings. The van der Waals surface area contributed by atoms with Gasteiger partial charge in [-0.1, -0.05) is 36.4 Å². The van der Waals surface area contributed by atoms with E-state index in [2.05, 4.69) is 34.1 Å². The number of rotatable bonds is 6. The Balaban J connectivity index is 1.41. The number of benzene rings is 1. The Hall–Kier alpha value is -1.71. The van der Waals surface area contributed by atoms with Crippen molar-refractivity contribution in [2.75, 3.05) is 19.6 Å². The highest BCUT2D eigenvalue weighted by Crippen LogP contribution is 2.23. The molecule has 1 aliphatic rings. The van der Waals surface area contributed by atoms with Crippen LogP contribution in [0.5, 0.6) is 0 Å². The van der Waals surface area contributed by atoms with Crippen LogP contribution in [0.25, 0.3) is 0 Å². The van der Waals surface area contributed by atoms with E-state index in [0.717, 1.165) is 45.3 Å². The third-order valence-electron chi connectivity index (χ3n) is 4.87. The summed E-state index contributed by atoms with van der Waals surface area (Å²) in [6.07, 6.45) is 5.63. The van der Waals surface area contributed by atoms with Gasteiger partial charge in [-0.3, -0.25) is 4.98 Å². The highest BCUT2D eigenvalue weighted by atomic mass is 16.3. The number of hydrogen-bond acceptors (Lipinski definition) is 3. The number of nitrogens with zero attached hydrogens (tertiary/aromatic N) is 2. The first-order chi connectivity index (χ1) is 11.3. The van der Waals surface area contributed by atoms with E-state index >= 15 is 0 Å². The van der Waals surface area contributed by atoms with Crippen molar-refractivity contribution in [1.29, 1.82) is 0 Å². The fraction of sp³-hybridized carbons (Fsp3) is 0.450. The lowest BCUT2D eigenvalue weighted by Crippen LogP contribution is -2.39. The van der Waals surface area contributed by atoms with Crippen LogP contribution in [0.1, 0.15) is 24.1 Å². The molecule has 1 unspecified atom stereocenters. The Morgan fingerprint density at radius 1 is 1.04 bits per heavy atom. The van der Waals surface area contributed by atoms with E-state index in [0.29, 0.717) is 5.92 Å². The maximum absolute atomic E-state index is 10.5. The minimum absolute atomic E-state index is 0.213. The van der Waals surface area contributed by atoms with Crippen LogP contribution in [0.4, 0.5) is 0 Å². The summed E-state index contributed by atoms with van der Waals surface area (Å²) in [5.41, 5.74) is 2.40. The van der Waals surface area contributed by atoms with Crippen LogP contribution in [0.15, 0.2) is 54.7 Å². The van der Waals surface area contributed by atoms with Crippen molar-refractivity contribution in [3.63, 3.8) is 0 Å². The maximum Gasteiger partial charge on any atom is 0.0609 e. The molecule has 23 heavy (non-hydrogen) atoms. The zero-order chi connectivity index (χ0) is 15.9. The van der Waals surface area contributed by atoms with Crippen molar-refractivity contribution in [1.82, 2.24) is 9.88 Å². The molecule has 3 nitrogen and oxygen atoms in total. The van der Waals surface area contributed by atoms with Crippen molar-refractivity contribution >= 4 is 0 Å². The first-order valence-corrected chi connectivity index (χ1v) is 8.65. The highest BCUT2D eigenvalue weighted by Gasteiger charge is 2.25. The predicted octanol–water partition coefficient (Wildman–Crippen LogP) is 2.94. The molecule has 3 heteroatoms. The summed E-state index contributed by atoms with van der Waals surface area (Å²) >= 11 is 0. The molecule has 2 aromatic rings. The van der Waals surface area contributed by atoms with Crippen LogP contribution in [-0.2, 0) is 12.8 Å². The van der Waals surface area contributed by atoms with Gasteiger partial charge in [0, 0.05) is 24.9 Å². The van der Waals surface area contributed by atoms with Crippen LogP contribution in [-0.4, -0.2) is 40.7 Å². The third kappa shape index (κ3) is 4.88. The number of aliphatic hydroxyl groups excluding tert-OH is 1. The van der Waals surface area contributed by atoms with Gasteiger partial charge in [0.1, 0.15) is 0 Å². The number of hydrogen-bond donors (Lipinski definition) is 1. The summed E-state index contributed by atoms with van der Waals surface area (Å²) in [5, 5.41) is 10.5.